The molecule has 8 heteroatoms. The van der Waals surface area contributed by atoms with Crippen molar-refractivity contribution in [3.8, 4) is 11.4 Å². The number of carbonyl (C=O) groups excluding carboxylic acids is 1. The van der Waals surface area contributed by atoms with Crippen LogP contribution in [0.5, 0.6) is 0 Å². The van der Waals surface area contributed by atoms with Crippen molar-refractivity contribution in [2.24, 2.45) is 0 Å². The molecule has 2 heterocycles. The Hall–Kier alpha value is -2.12. The number of urea groups is 1. The molecule has 7 nitrogen and oxygen atoms in total. The van der Waals surface area contributed by atoms with Crippen molar-refractivity contribution in [3.63, 3.8) is 0 Å². The number of rotatable bonds is 3. The van der Waals surface area contributed by atoms with E-state index in [4.69, 9.17) is 20.9 Å². The Morgan fingerprint density at radius 2 is 2.18 bits per heavy atom. The van der Waals surface area contributed by atoms with Gasteiger partial charge in [0.15, 0.2) is 0 Å². The van der Waals surface area contributed by atoms with Crippen LogP contribution < -0.4 is 5.32 Å². The molecule has 1 N–H and O–H groups in total. The number of hydrogen-bond acceptors (Lipinski definition) is 5. The van der Waals surface area contributed by atoms with Crippen LogP contribution in [0.4, 0.5) is 4.79 Å². The summed E-state index contributed by atoms with van der Waals surface area (Å²) in [6.07, 6.45) is 0. The quantitative estimate of drug-likeness (QED) is 0.934. The second-order valence-corrected chi connectivity index (χ2v) is 5.22. The van der Waals surface area contributed by atoms with Crippen LogP contribution in [0, 0.1) is 0 Å². The second-order valence-electron chi connectivity index (χ2n) is 4.78. The standard InChI is InChI=1S/C14H15ClN4O3/c15-11-3-1-2-10(8-11)13-17-12(22-18-13)9-16-14(20)19-4-6-21-7-5-19/h1-3,8H,4-7,9H2,(H,16,20). The predicted molar refractivity (Wildman–Crippen MR) is 79.4 cm³/mol. The van der Waals surface area contributed by atoms with Crippen molar-refractivity contribution in [1.82, 2.24) is 20.4 Å². The van der Waals surface area contributed by atoms with Gasteiger partial charge in [-0.1, -0.05) is 28.9 Å². The van der Waals surface area contributed by atoms with E-state index >= 15 is 0 Å². The molecule has 22 heavy (non-hydrogen) atoms. The monoisotopic (exact) mass is 322 g/mol. The summed E-state index contributed by atoms with van der Waals surface area (Å²) >= 11 is 5.93. The van der Waals surface area contributed by atoms with Gasteiger partial charge in [0.25, 0.3) is 0 Å². The fraction of sp³-hybridized carbons (Fsp3) is 0.357. The molecule has 0 radical (unpaired) electrons. The molecule has 2 amide bonds. The van der Waals surface area contributed by atoms with Crippen LogP contribution in [0.1, 0.15) is 5.89 Å². The van der Waals surface area contributed by atoms with Crippen LogP contribution in [0.2, 0.25) is 5.02 Å². The van der Waals surface area contributed by atoms with E-state index in [1.807, 2.05) is 12.1 Å². The zero-order valence-corrected chi connectivity index (χ0v) is 12.5. The van der Waals surface area contributed by atoms with Gasteiger partial charge < -0.3 is 19.5 Å². The summed E-state index contributed by atoms with van der Waals surface area (Å²) in [7, 11) is 0. The van der Waals surface area contributed by atoms with Gasteiger partial charge in [-0.25, -0.2) is 4.79 Å². The van der Waals surface area contributed by atoms with Crippen LogP contribution in [-0.2, 0) is 11.3 Å². The third-order valence-corrected chi connectivity index (χ3v) is 3.48. The van der Waals surface area contributed by atoms with Gasteiger partial charge in [0.05, 0.1) is 19.8 Å². The molecule has 1 saturated heterocycles. The fourth-order valence-corrected chi connectivity index (χ4v) is 2.29. The lowest BCUT2D eigenvalue weighted by Crippen LogP contribution is -2.45. The minimum Gasteiger partial charge on any atom is -0.378 e. The molecule has 116 valence electrons. The number of ether oxygens (including phenoxy) is 1. The lowest BCUT2D eigenvalue weighted by atomic mass is 10.2. The van der Waals surface area contributed by atoms with Gasteiger partial charge in [-0.15, -0.1) is 0 Å². The third kappa shape index (κ3) is 3.55. The van der Waals surface area contributed by atoms with E-state index < -0.39 is 0 Å². The lowest BCUT2D eigenvalue weighted by molar-refractivity contribution is 0.0529. The van der Waals surface area contributed by atoms with E-state index in [2.05, 4.69) is 15.5 Å². The zero-order chi connectivity index (χ0) is 15.4. The van der Waals surface area contributed by atoms with Crippen LogP contribution in [-0.4, -0.2) is 47.4 Å². The molecule has 1 aromatic heterocycles. The second kappa shape index (κ2) is 6.76. The van der Waals surface area contributed by atoms with Crippen molar-refractivity contribution < 1.29 is 14.1 Å². The molecule has 1 aromatic carbocycles. The number of hydrogen-bond donors (Lipinski definition) is 1. The summed E-state index contributed by atoms with van der Waals surface area (Å²) in [6.45, 7) is 2.48. The molecular formula is C14H15ClN4O3. The number of amides is 2. The van der Waals surface area contributed by atoms with Gasteiger partial charge in [-0.3, -0.25) is 0 Å². The molecule has 0 unspecified atom stereocenters. The van der Waals surface area contributed by atoms with E-state index in [1.165, 1.54) is 0 Å². The molecule has 0 aliphatic carbocycles. The first kappa shape index (κ1) is 14.8. The smallest absolute Gasteiger partial charge is 0.317 e. The van der Waals surface area contributed by atoms with Crippen LogP contribution in [0.25, 0.3) is 11.4 Å². The van der Waals surface area contributed by atoms with E-state index in [1.54, 1.807) is 17.0 Å². The molecule has 1 aliphatic rings. The third-order valence-electron chi connectivity index (χ3n) is 3.24. The Labute approximate surface area is 132 Å². The maximum absolute atomic E-state index is 11.9. The molecule has 2 aromatic rings. The van der Waals surface area contributed by atoms with Gasteiger partial charge in [0, 0.05) is 23.7 Å². The minimum absolute atomic E-state index is 0.161. The van der Waals surface area contributed by atoms with Crippen LogP contribution in [0.15, 0.2) is 28.8 Å². The largest absolute Gasteiger partial charge is 0.378 e. The van der Waals surface area contributed by atoms with Gasteiger partial charge in [-0.2, -0.15) is 4.98 Å². The molecule has 0 atom stereocenters. The molecule has 0 saturated carbocycles. The first-order valence-corrected chi connectivity index (χ1v) is 7.29. The van der Waals surface area contributed by atoms with Crippen molar-refractivity contribution in [1.29, 1.82) is 0 Å². The van der Waals surface area contributed by atoms with Gasteiger partial charge >= 0.3 is 6.03 Å². The number of morpholine rings is 1. The maximum atomic E-state index is 11.9. The van der Waals surface area contributed by atoms with Crippen molar-refractivity contribution in [2.45, 2.75) is 6.54 Å². The van der Waals surface area contributed by atoms with Crippen molar-refractivity contribution in [3.05, 3.63) is 35.2 Å². The Balaban J connectivity index is 1.59. The van der Waals surface area contributed by atoms with Gasteiger partial charge in [-0.05, 0) is 12.1 Å². The van der Waals surface area contributed by atoms with E-state index in [-0.39, 0.29) is 12.6 Å². The summed E-state index contributed by atoms with van der Waals surface area (Å²) in [5, 5.41) is 7.24. The number of benzene rings is 1. The van der Waals surface area contributed by atoms with Gasteiger partial charge in [0.1, 0.15) is 0 Å². The molecule has 0 bridgehead atoms. The average Bonchev–Trinajstić information content (AvgIpc) is 3.02. The summed E-state index contributed by atoms with van der Waals surface area (Å²) in [4.78, 5) is 17.9. The van der Waals surface area contributed by atoms with E-state index in [0.717, 1.165) is 5.56 Å². The number of carbonyl (C=O) groups is 1. The van der Waals surface area contributed by atoms with E-state index in [9.17, 15) is 4.79 Å². The normalized spacial score (nSPS) is 14.9. The van der Waals surface area contributed by atoms with Crippen molar-refractivity contribution in [2.75, 3.05) is 26.3 Å². The topological polar surface area (TPSA) is 80.5 Å². The summed E-state index contributed by atoms with van der Waals surface area (Å²) in [5.74, 6) is 0.787. The Bertz CT molecular complexity index is 655. The Kier molecular flexibility index (Phi) is 4.55. The number of aromatic nitrogens is 2. The predicted octanol–water partition coefficient (Wildman–Crippen LogP) is 1.93. The first-order valence-electron chi connectivity index (χ1n) is 6.91. The van der Waals surface area contributed by atoms with Crippen molar-refractivity contribution >= 4 is 17.6 Å². The van der Waals surface area contributed by atoms with Crippen LogP contribution >= 0.6 is 11.6 Å². The molecule has 0 spiro atoms. The fourth-order valence-electron chi connectivity index (χ4n) is 2.10. The Morgan fingerprint density at radius 3 is 2.95 bits per heavy atom. The summed E-state index contributed by atoms with van der Waals surface area (Å²) in [5.41, 5.74) is 0.766. The number of nitrogens with zero attached hydrogens (tertiary/aromatic N) is 3. The minimum atomic E-state index is -0.161. The number of halogens is 1. The Morgan fingerprint density at radius 1 is 1.36 bits per heavy atom. The first-order chi connectivity index (χ1) is 10.7. The molecule has 3 rings (SSSR count). The average molecular weight is 323 g/mol. The van der Waals surface area contributed by atoms with Gasteiger partial charge in [0.2, 0.25) is 11.7 Å². The van der Waals surface area contributed by atoms with E-state index in [0.29, 0.717) is 43.0 Å². The number of nitrogens with one attached hydrogen (secondary N) is 1. The highest BCUT2D eigenvalue weighted by Gasteiger charge is 2.17. The van der Waals surface area contributed by atoms with Crippen LogP contribution in [0.3, 0.4) is 0 Å². The summed E-state index contributed by atoms with van der Waals surface area (Å²) in [6, 6.07) is 7.02. The maximum Gasteiger partial charge on any atom is 0.317 e. The summed E-state index contributed by atoms with van der Waals surface area (Å²) < 4.78 is 10.3. The lowest BCUT2D eigenvalue weighted by Gasteiger charge is -2.26. The highest BCUT2D eigenvalue weighted by molar-refractivity contribution is 6.30. The molecular weight excluding hydrogens is 308 g/mol. The molecule has 1 aliphatic heterocycles. The highest BCUT2D eigenvalue weighted by Crippen LogP contribution is 2.19. The zero-order valence-electron chi connectivity index (χ0n) is 11.8. The molecule has 1 fully saturated rings. The highest BCUT2D eigenvalue weighted by atomic mass is 35.5. The SMILES string of the molecule is O=C(NCc1nc(-c2cccc(Cl)c2)no1)N1CCOCC1.